The molecule has 2 spiro atoms. The van der Waals surface area contributed by atoms with Crippen molar-refractivity contribution in [1.82, 2.24) is 0 Å². The van der Waals surface area contributed by atoms with Crippen LogP contribution in [0.4, 0.5) is 0 Å². The molecule has 1 aromatic heterocycles. The van der Waals surface area contributed by atoms with Crippen molar-refractivity contribution >= 4 is 31.5 Å². The fourth-order valence-corrected chi connectivity index (χ4v) is 12.6. The van der Waals surface area contributed by atoms with Gasteiger partial charge in [-0.3, -0.25) is 0 Å². The van der Waals surface area contributed by atoms with Gasteiger partial charge in [-0.1, -0.05) is 198 Å². The minimum absolute atomic E-state index is 0.0225. The average molecular weight is 811 g/mol. The summed E-state index contributed by atoms with van der Waals surface area (Å²) in [5.41, 5.74) is 21.0. The second kappa shape index (κ2) is 12.2. The van der Waals surface area contributed by atoms with Gasteiger partial charge in [-0.2, -0.15) is 0 Å². The van der Waals surface area contributed by atoms with E-state index in [1.54, 1.807) is 0 Å². The highest BCUT2D eigenvalue weighted by molar-refractivity contribution is 7.25. The van der Waals surface area contributed by atoms with Gasteiger partial charge < -0.3 is 0 Å². The number of fused-ring (bicyclic) bond motifs is 19. The van der Waals surface area contributed by atoms with E-state index < -0.39 is 10.8 Å². The van der Waals surface area contributed by atoms with Gasteiger partial charge in [0.25, 0.3) is 0 Å². The lowest BCUT2D eigenvalue weighted by atomic mass is 9.52. The molecule has 1 heteroatoms. The van der Waals surface area contributed by atoms with Gasteiger partial charge in [-0.15, -0.1) is 11.3 Å². The SMILES string of the molecule is CC(C)(C)c1ccc2c(c1)C1(c3cc(C(C)(C)C)ccc3-2)c2ccccc2C2(c3cc(C(C)(C)C)ccc3-c3ccc(C(C)(C)C)cc32)c2cc3c(cc21)sc1ccccc13. The van der Waals surface area contributed by atoms with E-state index in [9.17, 15) is 0 Å². The fraction of sp³-hybridized carbons (Fsp3) is 0.300. The first-order valence-corrected chi connectivity index (χ1v) is 23.2. The molecule has 0 aliphatic heterocycles. The minimum Gasteiger partial charge on any atom is -0.135 e. The molecule has 61 heavy (non-hydrogen) atoms. The molecule has 0 amide bonds. The van der Waals surface area contributed by atoms with Gasteiger partial charge in [-0.05, 0) is 129 Å². The lowest BCUT2D eigenvalue weighted by Gasteiger charge is -2.49. The van der Waals surface area contributed by atoms with Crippen LogP contribution in [0.3, 0.4) is 0 Å². The quantitative estimate of drug-likeness (QED) is 0.143. The molecule has 304 valence electrons. The van der Waals surface area contributed by atoms with Crippen LogP contribution in [0.25, 0.3) is 42.4 Å². The van der Waals surface area contributed by atoms with Crippen LogP contribution in [0.5, 0.6) is 0 Å². The third kappa shape index (κ3) is 5.11. The summed E-state index contributed by atoms with van der Waals surface area (Å²) in [4.78, 5) is 0. The summed E-state index contributed by atoms with van der Waals surface area (Å²) in [6, 6.07) is 53.9. The molecular weight excluding hydrogens is 753 g/mol. The van der Waals surface area contributed by atoms with Gasteiger partial charge in [-0.25, -0.2) is 0 Å². The van der Waals surface area contributed by atoms with E-state index in [2.05, 4.69) is 217 Å². The maximum atomic E-state index is 2.67. The van der Waals surface area contributed by atoms with Gasteiger partial charge in [0.1, 0.15) is 0 Å². The average Bonchev–Trinajstić information content (AvgIpc) is 3.82. The molecule has 0 nitrogen and oxygen atoms in total. The fourth-order valence-electron chi connectivity index (χ4n) is 11.5. The zero-order valence-corrected chi connectivity index (χ0v) is 38.9. The highest BCUT2D eigenvalue weighted by Gasteiger charge is 2.60. The van der Waals surface area contributed by atoms with Crippen LogP contribution >= 0.6 is 11.3 Å². The maximum Gasteiger partial charge on any atom is 0.0720 e. The predicted octanol–water partition coefficient (Wildman–Crippen LogP) is 16.3. The van der Waals surface area contributed by atoms with Crippen molar-refractivity contribution in [3.05, 3.63) is 200 Å². The van der Waals surface area contributed by atoms with Gasteiger partial charge in [0.15, 0.2) is 0 Å². The van der Waals surface area contributed by atoms with Crippen LogP contribution in [0.1, 0.15) is 150 Å². The topological polar surface area (TPSA) is 0 Å². The molecule has 0 saturated heterocycles. The van der Waals surface area contributed by atoms with Crippen molar-refractivity contribution < 1.29 is 0 Å². The molecule has 0 fully saturated rings. The number of thiophene rings is 1. The summed E-state index contributed by atoms with van der Waals surface area (Å²) < 4.78 is 2.70. The van der Waals surface area contributed by atoms with Crippen LogP contribution < -0.4 is 0 Å². The maximum absolute atomic E-state index is 2.67. The third-order valence-corrected chi connectivity index (χ3v) is 15.9. The Hall–Kier alpha value is -5.24. The molecule has 3 aliphatic carbocycles. The van der Waals surface area contributed by atoms with E-state index in [0.717, 1.165) is 0 Å². The number of rotatable bonds is 0. The largest absolute Gasteiger partial charge is 0.135 e. The highest BCUT2D eigenvalue weighted by Crippen LogP contribution is 2.69. The van der Waals surface area contributed by atoms with Crippen molar-refractivity contribution in [3.63, 3.8) is 0 Å². The highest BCUT2D eigenvalue weighted by atomic mass is 32.1. The Kier molecular flexibility index (Phi) is 7.75. The Labute approximate surface area is 367 Å². The van der Waals surface area contributed by atoms with Gasteiger partial charge in [0.2, 0.25) is 0 Å². The molecule has 0 unspecified atom stereocenters. The third-order valence-electron chi connectivity index (χ3n) is 14.8. The van der Waals surface area contributed by atoms with Crippen molar-refractivity contribution in [2.45, 2.75) is 116 Å². The number of hydrogen-bond donors (Lipinski definition) is 0. The van der Waals surface area contributed by atoms with Gasteiger partial charge in [0.05, 0.1) is 10.8 Å². The lowest BCUT2D eigenvalue weighted by Crippen LogP contribution is -2.44. The van der Waals surface area contributed by atoms with Crippen molar-refractivity contribution in [1.29, 1.82) is 0 Å². The Balaban J connectivity index is 1.41. The molecule has 11 rings (SSSR count). The summed E-state index contributed by atoms with van der Waals surface area (Å²) in [6.07, 6.45) is 0. The van der Waals surface area contributed by atoms with E-state index >= 15 is 0 Å². The minimum atomic E-state index is -0.562. The Morgan fingerprint density at radius 3 is 1.02 bits per heavy atom. The summed E-state index contributed by atoms with van der Waals surface area (Å²) in [7, 11) is 0. The first-order chi connectivity index (χ1) is 28.7. The van der Waals surface area contributed by atoms with E-state index in [1.165, 1.54) is 109 Å². The summed E-state index contributed by atoms with van der Waals surface area (Å²) >= 11 is 1.95. The second-order valence-electron chi connectivity index (χ2n) is 22.6. The Bertz CT molecular complexity index is 3040. The standard InChI is InChI=1S/C60H58S/c1-55(2,3)35-21-25-39-40-26-22-36(56(4,5)6)30-48(40)59(47(39)29-35)45-18-14-15-19-46(45)60(52-34-54-44(33-51(52)59)43-17-13-16-20-53(43)61-54)49-31-37(57(7,8)9)23-27-41(49)42-28-24-38(32-50(42)60)58(10,11)12/h13-34H,1-12H3. The van der Waals surface area contributed by atoms with E-state index in [0.29, 0.717) is 0 Å². The van der Waals surface area contributed by atoms with E-state index in [4.69, 9.17) is 0 Å². The summed E-state index contributed by atoms with van der Waals surface area (Å²) in [5.74, 6) is 0. The van der Waals surface area contributed by atoms with E-state index in [-0.39, 0.29) is 21.7 Å². The molecule has 0 atom stereocenters. The van der Waals surface area contributed by atoms with Crippen molar-refractivity contribution in [2.75, 3.05) is 0 Å². The molecule has 8 aromatic rings. The van der Waals surface area contributed by atoms with E-state index in [1.807, 2.05) is 11.3 Å². The van der Waals surface area contributed by atoms with Crippen LogP contribution in [-0.2, 0) is 32.5 Å². The Morgan fingerprint density at radius 2 is 0.639 bits per heavy atom. The second-order valence-corrected chi connectivity index (χ2v) is 23.7. The molecule has 1 heterocycles. The van der Waals surface area contributed by atoms with Gasteiger partial charge in [0, 0.05) is 20.2 Å². The smallest absolute Gasteiger partial charge is 0.0720 e. The summed E-state index contributed by atoms with van der Waals surface area (Å²) in [5, 5.41) is 2.70. The number of benzene rings is 7. The Morgan fingerprint density at radius 1 is 0.295 bits per heavy atom. The molecule has 3 aliphatic rings. The van der Waals surface area contributed by atoms with Crippen LogP contribution in [0.15, 0.2) is 133 Å². The normalized spacial score (nSPS) is 15.8. The molecule has 0 saturated carbocycles. The van der Waals surface area contributed by atoms with Crippen LogP contribution in [0.2, 0.25) is 0 Å². The van der Waals surface area contributed by atoms with Crippen molar-refractivity contribution in [2.24, 2.45) is 0 Å². The first kappa shape index (κ1) is 38.7. The predicted molar refractivity (Wildman–Crippen MR) is 262 cm³/mol. The summed E-state index contributed by atoms with van der Waals surface area (Å²) in [6.45, 7) is 28.4. The van der Waals surface area contributed by atoms with Crippen LogP contribution in [-0.4, -0.2) is 0 Å². The van der Waals surface area contributed by atoms with Gasteiger partial charge >= 0.3 is 0 Å². The monoisotopic (exact) mass is 810 g/mol. The molecule has 0 N–H and O–H groups in total. The zero-order chi connectivity index (χ0) is 42.8. The molecule has 7 aromatic carbocycles. The van der Waals surface area contributed by atoms with Crippen molar-refractivity contribution in [3.8, 4) is 22.3 Å². The molecule has 0 radical (unpaired) electrons. The first-order valence-electron chi connectivity index (χ1n) is 22.4. The zero-order valence-electron chi connectivity index (χ0n) is 38.1. The molecule has 0 bridgehead atoms. The number of hydrogen-bond acceptors (Lipinski definition) is 1. The molecular formula is C60H58S. The van der Waals surface area contributed by atoms with Crippen LogP contribution in [0, 0.1) is 0 Å². The lowest BCUT2D eigenvalue weighted by molar-refractivity contribution is 0.576.